The molecule has 6 heteroatoms. The van der Waals surface area contributed by atoms with Gasteiger partial charge in [-0.05, 0) is 0 Å². The third-order valence-corrected chi connectivity index (χ3v) is 17.1. The SMILES string of the molecule is C=CC[Si](C)(C)C1=[C]([Pt]([CH3])([CH3])[CH3])CC=C1CCC[Si](OCC)(OCC)OCC. The third kappa shape index (κ3) is 7.17. The van der Waals surface area contributed by atoms with E-state index in [1.165, 1.54) is 6.42 Å². The number of hydrogen-bond donors (Lipinski definition) is 0. The van der Waals surface area contributed by atoms with Gasteiger partial charge in [-0.3, -0.25) is 0 Å². The standard InChI is InChI=1S/C19H35O3Si2.3CH3.Pt/c1-7-16-23(5,6)19-15-11-13-18(19)14-12-17-24(20-8-2,21-9-3)22-10-4;;;;/h7,13H,1,8-12,14,16-17H2,2-6H3;3*1H3;. The van der Waals surface area contributed by atoms with Crippen molar-refractivity contribution in [1.29, 1.82) is 0 Å². The van der Waals surface area contributed by atoms with Crippen LogP contribution in [0.3, 0.4) is 0 Å². The van der Waals surface area contributed by atoms with Crippen LogP contribution in [0.25, 0.3) is 0 Å². The van der Waals surface area contributed by atoms with E-state index in [9.17, 15) is 0 Å². The van der Waals surface area contributed by atoms with Gasteiger partial charge in [-0.1, -0.05) is 0 Å². The Bertz CT molecular complexity index is 560. The predicted molar refractivity (Wildman–Crippen MR) is 124 cm³/mol. The zero-order valence-electron chi connectivity index (χ0n) is 19.6. The molecule has 1 aliphatic rings. The first-order chi connectivity index (χ1) is 13.1. The van der Waals surface area contributed by atoms with Crippen LogP contribution in [0.2, 0.25) is 41.1 Å². The molecule has 0 atom stereocenters. The molecule has 0 aliphatic heterocycles. The van der Waals surface area contributed by atoms with Crippen molar-refractivity contribution in [2.24, 2.45) is 0 Å². The molecule has 0 aromatic heterocycles. The molecule has 0 fully saturated rings. The third-order valence-electron chi connectivity index (χ3n) is 5.02. The molecular formula is C22H44O3PtSi2. The molecule has 0 aromatic carbocycles. The minimum atomic E-state index is -2.54. The zero-order chi connectivity index (χ0) is 21.4. The first-order valence-corrected chi connectivity index (χ1v) is 23.5. The van der Waals surface area contributed by atoms with Crippen molar-refractivity contribution in [3.05, 3.63) is 33.5 Å². The fourth-order valence-corrected chi connectivity index (χ4v) is 17.3. The molecule has 1 rings (SSSR count). The van der Waals surface area contributed by atoms with Crippen LogP contribution in [-0.4, -0.2) is 36.7 Å². The summed E-state index contributed by atoms with van der Waals surface area (Å²) in [4.78, 5) is 0. The van der Waals surface area contributed by atoms with Gasteiger partial charge in [0.05, 0.1) is 0 Å². The summed E-state index contributed by atoms with van der Waals surface area (Å²) in [6.07, 6.45) is 8.04. The van der Waals surface area contributed by atoms with E-state index in [1.807, 2.05) is 24.7 Å². The fraction of sp³-hybridized carbons (Fsp3) is 0.727. The topological polar surface area (TPSA) is 27.7 Å². The summed E-state index contributed by atoms with van der Waals surface area (Å²) < 4.78 is 20.0. The Morgan fingerprint density at radius 3 is 2.00 bits per heavy atom. The van der Waals surface area contributed by atoms with E-state index in [4.69, 9.17) is 13.3 Å². The predicted octanol–water partition coefficient (Wildman–Crippen LogP) is 7.13. The summed E-state index contributed by atoms with van der Waals surface area (Å²) >= 11 is -1.78. The second kappa shape index (κ2) is 11.6. The molecule has 168 valence electrons. The number of rotatable bonds is 14. The van der Waals surface area contributed by atoms with Crippen LogP contribution in [0.4, 0.5) is 0 Å². The summed E-state index contributed by atoms with van der Waals surface area (Å²) in [6.45, 7) is 17.2. The summed E-state index contributed by atoms with van der Waals surface area (Å²) in [5, 5.41) is 9.38. The van der Waals surface area contributed by atoms with Gasteiger partial charge in [0.1, 0.15) is 0 Å². The molecule has 0 unspecified atom stereocenters. The zero-order valence-corrected chi connectivity index (χ0v) is 23.8. The summed E-state index contributed by atoms with van der Waals surface area (Å²) in [7, 11) is -4.03. The quantitative estimate of drug-likeness (QED) is 0.155. The monoisotopic (exact) mass is 607 g/mol. The Hall–Kier alpha value is 0.222. The van der Waals surface area contributed by atoms with E-state index in [1.54, 1.807) is 10.8 Å². The van der Waals surface area contributed by atoms with E-state index in [0.29, 0.717) is 19.8 Å². The molecular weight excluding hydrogens is 563 g/mol. The molecule has 0 saturated carbocycles. The molecule has 0 saturated heterocycles. The molecule has 0 N–H and O–H groups in total. The molecule has 0 bridgehead atoms. The average Bonchev–Trinajstić information content (AvgIpc) is 3.01. The van der Waals surface area contributed by atoms with Gasteiger partial charge in [-0.25, -0.2) is 0 Å². The van der Waals surface area contributed by atoms with Gasteiger partial charge in [0.25, 0.3) is 0 Å². The van der Waals surface area contributed by atoms with Gasteiger partial charge in [-0.15, -0.1) is 0 Å². The molecule has 0 aromatic rings. The summed E-state index contributed by atoms with van der Waals surface area (Å²) in [6, 6.07) is 2.07. The maximum absolute atomic E-state index is 6.05. The van der Waals surface area contributed by atoms with Crippen molar-refractivity contribution in [3.8, 4) is 0 Å². The first-order valence-electron chi connectivity index (χ1n) is 10.4. The Kier molecular flexibility index (Phi) is 10.8. The number of allylic oxidation sites excluding steroid dienone is 5. The molecule has 0 amide bonds. The van der Waals surface area contributed by atoms with Crippen LogP contribution < -0.4 is 0 Å². The van der Waals surface area contributed by atoms with Crippen molar-refractivity contribution < 1.29 is 29.3 Å². The Morgan fingerprint density at radius 2 is 1.57 bits per heavy atom. The van der Waals surface area contributed by atoms with Crippen LogP contribution >= 0.6 is 0 Å². The van der Waals surface area contributed by atoms with Crippen molar-refractivity contribution in [3.63, 3.8) is 0 Å². The van der Waals surface area contributed by atoms with Crippen LogP contribution in [0.5, 0.6) is 0 Å². The Balaban J connectivity index is 3.00. The van der Waals surface area contributed by atoms with E-state index >= 15 is 0 Å². The van der Waals surface area contributed by atoms with Gasteiger partial charge in [0, 0.05) is 0 Å². The van der Waals surface area contributed by atoms with E-state index in [0.717, 1.165) is 24.9 Å². The normalized spacial score (nSPS) is 16.5. The first kappa shape index (κ1) is 26.3. The van der Waals surface area contributed by atoms with Crippen molar-refractivity contribution in [1.82, 2.24) is 0 Å². The molecule has 3 nitrogen and oxygen atoms in total. The van der Waals surface area contributed by atoms with Crippen LogP contribution in [0.1, 0.15) is 40.0 Å². The van der Waals surface area contributed by atoms with Crippen LogP contribution in [0.15, 0.2) is 33.5 Å². The second-order valence-electron chi connectivity index (χ2n) is 8.31. The van der Waals surface area contributed by atoms with Crippen LogP contribution in [0, 0.1) is 0 Å². The van der Waals surface area contributed by atoms with Crippen molar-refractivity contribution in [2.75, 3.05) is 19.8 Å². The second-order valence-corrected chi connectivity index (χ2v) is 27.3. The van der Waals surface area contributed by atoms with Gasteiger partial charge < -0.3 is 0 Å². The molecule has 0 spiro atoms. The Labute approximate surface area is 180 Å². The summed E-state index contributed by atoms with van der Waals surface area (Å²) in [5.74, 6) is 0. The van der Waals surface area contributed by atoms with Gasteiger partial charge >= 0.3 is 181 Å². The number of hydrogen-bond acceptors (Lipinski definition) is 3. The maximum atomic E-state index is 6.05. The van der Waals surface area contributed by atoms with Gasteiger partial charge in [-0.2, -0.15) is 0 Å². The van der Waals surface area contributed by atoms with Gasteiger partial charge in [0.15, 0.2) is 0 Å². The Morgan fingerprint density at radius 1 is 1.04 bits per heavy atom. The molecule has 1 aliphatic carbocycles. The van der Waals surface area contributed by atoms with E-state index < -0.39 is 32.9 Å². The van der Waals surface area contributed by atoms with Crippen LogP contribution in [-0.2, 0) is 29.3 Å². The van der Waals surface area contributed by atoms with E-state index in [2.05, 4.69) is 47.8 Å². The fourth-order valence-electron chi connectivity index (χ4n) is 3.97. The average molecular weight is 608 g/mol. The molecule has 0 heterocycles. The molecule has 28 heavy (non-hydrogen) atoms. The van der Waals surface area contributed by atoms with Crippen molar-refractivity contribution >= 4 is 16.9 Å². The molecule has 0 radical (unpaired) electrons. The van der Waals surface area contributed by atoms with Crippen molar-refractivity contribution in [2.45, 2.75) is 81.2 Å². The summed E-state index contributed by atoms with van der Waals surface area (Å²) in [5.41, 5.74) is 1.61. The van der Waals surface area contributed by atoms with Gasteiger partial charge in [0.2, 0.25) is 0 Å². The minimum absolute atomic E-state index is 0.654. The van der Waals surface area contributed by atoms with E-state index in [-0.39, 0.29) is 0 Å².